The molecule has 0 bridgehead atoms. The molecule has 0 radical (unpaired) electrons. The molecule has 6 heteroatoms. The monoisotopic (exact) mass is 230 g/mol. The Morgan fingerprint density at radius 3 is 2.81 bits per heavy atom. The van der Waals surface area contributed by atoms with Gasteiger partial charge in [-0.25, -0.2) is 9.59 Å². The molecule has 2 amide bonds. The fourth-order valence-corrected chi connectivity index (χ4v) is 1.80. The summed E-state index contributed by atoms with van der Waals surface area (Å²) >= 11 is 0. The average molecular weight is 230 g/mol. The van der Waals surface area contributed by atoms with E-state index in [-0.39, 0.29) is 6.03 Å². The minimum Gasteiger partial charge on any atom is -0.480 e. The first kappa shape index (κ1) is 12.8. The largest absolute Gasteiger partial charge is 0.480 e. The van der Waals surface area contributed by atoms with Crippen molar-refractivity contribution < 1.29 is 19.4 Å². The number of amides is 2. The second kappa shape index (κ2) is 5.69. The molecule has 1 fully saturated rings. The van der Waals surface area contributed by atoms with E-state index in [0.29, 0.717) is 26.1 Å². The molecule has 0 aromatic carbocycles. The van der Waals surface area contributed by atoms with Crippen LogP contribution in [0.2, 0.25) is 0 Å². The van der Waals surface area contributed by atoms with Crippen molar-refractivity contribution in [2.45, 2.75) is 18.9 Å². The van der Waals surface area contributed by atoms with Gasteiger partial charge in [0.25, 0.3) is 0 Å². The molecule has 1 atom stereocenters. The first-order valence-corrected chi connectivity index (χ1v) is 5.31. The molecular weight excluding hydrogens is 212 g/mol. The number of carbonyl (C=O) groups is 2. The Kier molecular flexibility index (Phi) is 4.54. The van der Waals surface area contributed by atoms with Gasteiger partial charge < -0.3 is 19.6 Å². The first-order valence-electron chi connectivity index (χ1n) is 5.31. The van der Waals surface area contributed by atoms with Gasteiger partial charge in [-0.15, -0.1) is 0 Å². The smallest absolute Gasteiger partial charge is 0.326 e. The summed E-state index contributed by atoms with van der Waals surface area (Å²) in [5, 5.41) is 8.95. The number of carbonyl (C=O) groups excluding carboxylic acids is 1. The molecule has 92 valence electrons. The molecule has 0 saturated carbocycles. The maximum Gasteiger partial charge on any atom is 0.326 e. The fourth-order valence-electron chi connectivity index (χ4n) is 1.80. The Labute approximate surface area is 94.8 Å². The lowest BCUT2D eigenvalue weighted by atomic mass is 10.2. The van der Waals surface area contributed by atoms with Gasteiger partial charge in [-0.1, -0.05) is 0 Å². The van der Waals surface area contributed by atoms with E-state index in [2.05, 4.69) is 0 Å². The van der Waals surface area contributed by atoms with Crippen LogP contribution in [0.5, 0.6) is 0 Å². The van der Waals surface area contributed by atoms with Crippen molar-refractivity contribution >= 4 is 12.0 Å². The third kappa shape index (κ3) is 2.85. The van der Waals surface area contributed by atoms with E-state index >= 15 is 0 Å². The molecule has 0 aliphatic carbocycles. The van der Waals surface area contributed by atoms with E-state index in [9.17, 15) is 9.59 Å². The van der Waals surface area contributed by atoms with Gasteiger partial charge in [-0.2, -0.15) is 0 Å². The number of rotatable bonds is 4. The molecule has 1 aliphatic rings. The third-order valence-electron chi connectivity index (χ3n) is 2.74. The number of carboxylic acid groups (broad SMARTS) is 1. The number of methoxy groups -OCH3 is 1. The summed E-state index contributed by atoms with van der Waals surface area (Å²) in [4.78, 5) is 25.7. The van der Waals surface area contributed by atoms with Gasteiger partial charge in [0.1, 0.15) is 6.04 Å². The highest BCUT2D eigenvalue weighted by molar-refractivity contribution is 5.83. The van der Waals surface area contributed by atoms with E-state index in [1.165, 1.54) is 9.80 Å². The van der Waals surface area contributed by atoms with Crippen molar-refractivity contribution in [2.24, 2.45) is 0 Å². The summed E-state index contributed by atoms with van der Waals surface area (Å²) in [5.74, 6) is -0.925. The number of carboxylic acids is 1. The van der Waals surface area contributed by atoms with E-state index in [1.807, 2.05) is 0 Å². The summed E-state index contributed by atoms with van der Waals surface area (Å²) in [5.41, 5.74) is 0. The molecule has 1 saturated heterocycles. The first-order chi connectivity index (χ1) is 7.57. The van der Waals surface area contributed by atoms with Gasteiger partial charge in [-0.05, 0) is 12.8 Å². The molecule has 1 aliphatic heterocycles. The number of ether oxygens (including phenoxy) is 1. The summed E-state index contributed by atoms with van der Waals surface area (Å²) in [6.45, 7) is 1.44. The predicted octanol–water partition coefficient (Wildman–Crippen LogP) is 0.234. The van der Waals surface area contributed by atoms with Crippen LogP contribution in [-0.4, -0.2) is 66.8 Å². The van der Waals surface area contributed by atoms with Crippen LogP contribution >= 0.6 is 0 Å². The van der Waals surface area contributed by atoms with Crippen molar-refractivity contribution in [3.05, 3.63) is 0 Å². The van der Waals surface area contributed by atoms with Crippen molar-refractivity contribution in [3.8, 4) is 0 Å². The lowest BCUT2D eigenvalue weighted by Crippen LogP contribution is -2.47. The number of urea groups is 1. The normalized spacial score (nSPS) is 19.9. The van der Waals surface area contributed by atoms with E-state index < -0.39 is 12.0 Å². The Morgan fingerprint density at radius 1 is 1.56 bits per heavy atom. The molecular formula is C10H18N2O4. The summed E-state index contributed by atoms with van der Waals surface area (Å²) in [7, 11) is 3.22. The standard InChI is InChI=1S/C10H18N2O4/c1-11(6-7-16-2)10(15)12-5-3-4-8(12)9(13)14/h8H,3-7H2,1-2H3,(H,13,14). The van der Waals surface area contributed by atoms with Crippen LogP contribution in [0.3, 0.4) is 0 Å². The predicted molar refractivity (Wildman–Crippen MR) is 57.3 cm³/mol. The van der Waals surface area contributed by atoms with Crippen LogP contribution < -0.4 is 0 Å². The molecule has 6 nitrogen and oxygen atoms in total. The van der Waals surface area contributed by atoms with Crippen molar-refractivity contribution in [2.75, 3.05) is 33.9 Å². The third-order valence-corrected chi connectivity index (χ3v) is 2.74. The quantitative estimate of drug-likeness (QED) is 0.750. The van der Waals surface area contributed by atoms with Crippen LogP contribution in [0.25, 0.3) is 0 Å². The highest BCUT2D eigenvalue weighted by Crippen LogP contribution is 2.18. The topological polar surface area (TPSA) is 70.1 Å². The summed E-state index contributed by atoms with van der Waals surface area (Å²) in [6.07, 6.45) is 1.29. The average Bonchev–Trinajstić information content (AvgIpc) is 2.73. The van der Waals surface area contributed by atoms with E-state index in [4.69, 9.17) is 9.84 Å². The molecule has 16 heavy (non-hydrogen) atoms. The molecule has 0 aromatic rings. The number of aliphatic carboxylic acids is 1. The fraction of sp³-hybridized carbons (Fsp3) is 0.800. The van der Waals surface area contributed by atoms with Crippen molar-refractivity contribution in [1.29, 1.82) is 0 Å². The van der Waals surface area contributed by atoms with Gasteiger partial charge in [0, 0.05) is 27.2 Å². The second-order valence-electron chi connectivity index (χ2n) is 3.89. The second-order valence-corrected chi connectivity index (χ2v) is 3.89. The van der Waals surface area contributed by atoms with Crippen LogP contribution in [0.4, 0.5) is 4.79 Å². The minimum atomic E-state index is -0.925. The van der Waals surface area contributed by atoms with Crippen molar-refractivity contribution in [1.82, 2.24) is 9.80 Å². The van der Waals surface area contributed by atoms with Gasteiger partial charge in [0.15, 0.2) is 0 Å². The van der Waals surface area contributed by atoms with Gasteiger partial charge in [-0.3, -0.25) is 0 Å². The molecule has 0 aromatic heterocycles. The highest BCUT2D eigenvalue weighted by Gasteiger charge is 2.35. The van der Waals surface area contributed by atoms with Gasteiger partial charge in [0.2, 0.25) is 0 Å². The molecule has 1 heterocycles. The van der Waals surface area contributed by atoms with Crippen LogP contribution in [0, 0.1) is 0 Å². The van der Waals surface area contributed by atoms with Gasteiger partial charge in [0.05, 0.1) is 6.61 Å². The number of nitrogens with zero attached hydrogens (tertiary/aromatic N) is 2. The van der Waals surface area contributed by atoms with Crippen LogP contribution in [-0.2, 0) is 9.53 Å². The molecule has 1 rings (SSSR count). The summed E-state index contributed by atoms with van der Waals surface area (Å²) < 4.78 is 4.87. The Balaban J connectivity index is 2.55. The van der Waals surface area contributed by atoms with Crippen molar-refractivity contribution in [3.63, 3.8) is 0 Å². The molecule has 1 N–H and O–H groups in total. The number of hydrogen-bond donors (Lipinski definition) is 1. The minimum absolute atomic E-state index is 0.234. The zero-order valence-electron chi connectivity index (χ0n) is 9.68. The van der Waals surface area contributed by atoms with E-state index in [1.54, 1.807) is 14.2 Å². The summed E-state index contributed by atoms with van der Waals surface area (Å²) in [6, 6.07) is -0.903. The Bertz CT molecular complexity index is 270. The van der Waals surface area contributed by atoms with Crippen LogP contribution in [0.15, 0.2) is 0 Å². The Hall–Kier alpha value is -1.30. The number of likely N-dealkylation sites (N-methyl/N-ethyl adjacent to an activating group) is 1. The SMILES string of the molecule is COCCN(C)C(=O)N1CCCC1C(=O)O. The zero-order chi connectivity index (χ0) is 12.1. The molecule has 0 spiro atoms. The van der Waals surface area contributed by atoms with E-state index in [0.717, 1.165) is 6.42 Å². The lowest BCUT2D eigenvalue weighted by Gasteiger charge is -2.27. The number of likely N-dealkylation sites (tertiary alicyclic amines) is 1. The lowest BCUT2D eigenvalue weighted by molar-refractivity contribution is -0.141. The number of hydrogen-bond acceptors (Lipinski definition) is 3. The highest BCUT2D eigenvalue weighted by atomic mass is 16.5. The maximum absolute atomic E-state index is 11.9. The molecule has 1 unspecified atom stereocenters. The van der Waals surface area contributed by atoms with Crippen LogP contribution in [0.1, 0.15) is 12.8 Å². The Morgan fingerprint density at radius 2 is 2.25 bits per heavy atom. The zero-order valence-corrected chi connectivity index (χ0v) is 9.68. The maximum atomic E-state index is 11.9. The van der Waals surface area contributed by atoms with Gasteiger partial charge >= 0.3 is 12.0 Å².